The summed E-state index contributed by atoms with van der Waals surface area (Å²) in [5.41, 5.74) is 5.79. The van der Waals surface area contributed by atoms with Crippen LogP contribution in [0.5, 0.6) is 5.88 Å². The van der Waals surface area contributed by atoms with Crippen LogP contribution in [0.3, 0.4) is 0 Å². The van der Waals surface area contributed by atoms with Crippen LogP contribution in [0.15, 0.2) is 30.5 Å². The first kappa shape index (κ1) is 10.2. The first-order chi connectivity index (χ1) is 6.86. The van der Waals surface area contributed by atoms with Crippen LogP contribution in [0.4, 0.5) is 0 Å². The van der Waals surface area contributed by atoms with Crippen LogP contribution in [0, 0.1) is 11.3 Å². The highest BCUT2D eigenvalue weighted by Crippen LogP contribution is 2.07. The molecule has 72 valence electrons. The van der Waals surface area contributed by atoms with Crippen LogP contribution in [0.25, 0.3) is 0 Å². The molecule has 0 aliphatic carbocycles. The molecule has 14 heavy (non-hydrogen) atoms. The van der Waals surface area contributed by atoms with E-state index in [0.29, 0.717) is 24.6 Å². The molecule has 0 unspecified atom stereocenters. The Labute approximate surface area is 82.6 Å². The third-order valence-electron chi connectivity index (χ3n) is 1.49. The van der Waals surface area contributed by atoms with Gasteiger partial charge in [-0.25, -0.2) is 4.98 Å². The summed E-state index contributed by atoms with van der Waals surface area (Å²) >= 11 is 0. The highest BCUT2D eigenvalue weighted by molar-refractivity contribution is 5.31. The van der Waals surface area contributed by atoms with Crippen LogP contribution in [0.2, 0.25) is 0 Å². The molecular weight excluding hydrogens is 178 g/mol. The Kier molecular flexibility index (Phi) is 4.18. The number of nitrogens with two attached hydrogens (primary N) is 1. The molecule has 0 atom stereocenters. The van der Waals surface area contributed by atoms with Crippen molar-refractivity contribution < 1.29 is 4.74 Å². The molecule has 0 saturated heterocycles. The van der Waals surface area contributed by atoms with Gasteiger partial charge in [0.25, 0.3) is 0 Å². The number of pyridine rings is 1. The second-order valence-electron chi connectivity index (χ2n) is 2.51. The van der Waals surface area contributed by atoms with Crippen molar-refractivity contribution in [3.63, 3.8) is 0 Å². The summed E-state index contributed by atoms with van der Waals surface area (Å²) in [5.74, 6) is 0.450. The minimum Gasteiger partial charge on any atom is -0.473 e. The summed E-state index contributed by atoms with van der Waals surface area (Å²) in [4.78, 5) is 3.95. The van der Waals surface area contributed by atoms with Crippen LogP contribution in [0.1, 0.15) is 5.56 Å². The lowest BCUT2D eigenvalue weighted by Gasteiger charge is -2.00. The second-order valence-corrected chi connectivity index (χ2v) is 2.51. The van der Waals surface area contributed by atoms with E-state index in [4.69, 9.17) is 15.7 Å². The largest absolute Gasteiger partial charge is 0.473 e. The summed E-state index contributed by atoms with van der Waals surface area (Å²) in [6, 6.07) is 5.23. The van der Waals surface area contributed by atoms with E-state index in [9.17, 15) is 0 Å². The third-order valence-corrected chi connectivity index (χ3v) is 1.49. The average Bonchev–Trinajstić information content (AvgIpc) is 2.25. The minimum absolute atomic E-state index is 0.416. The van der Waals surface area contributed by atoms with Crippen LogP contribution >= 0.6 is 0 Å². The van der Waals surface area contributed by atoms with E-state index < -0.39 is 0 Å². The molecule has 0 amide bonds. The summed E-state index contributed by atoms with van der Waals surface area (Å²) in [7, 11) is 0. The highest BCUT2D eigenvalue weighted by atomic mass is 16.5. The number of hydrogen-bond acceptors (Lipinski definition) is 4. The molecule has 1 heterocycles. The molecule has 1 rings (SSSR count). The summed E-state index contributed by atoms with van der Waals surface area (Å²) in [5, 5.41) is 8.61. The molecule has 1 aromatic rings. The lowest BCUT2D eigenvalue weighted by atomic mass is 10.3. The van der Waals surface area contributed by atoms with Gasteiger partial charge >= 0.3 is 0 Å². The van der Waals surface area contributed by atoms with Crippen molar-refractivity contribution in [3.05, 3.63) is 36.0 Å². The standard InChI is InChI=1S/C10H11N3O/c11-4-1-2-6-14-10-7-9(8-12)3-5-13-10/h1-3,5,7H,4,6,11H2/b2-1-. The first-order valence-corrected chi connectivity index (χ1v) is 4.21. The molecule has 0 radical (unpaired) electrons. The molecule has 0 fully saturated rings. The van der Waals surface area contributed by atoms with Crippen LogP contribution < -0.4 is 10.5 Å². The molecule has 0 saturated carbocycles. The fourth-order valence-corrected chi connectivity index (χ4v) is 0.856. The van der Waals surface area contributed by atoms with Crippen LogP contribution in [-0.4, -0.2) is 18.1 Å². The van der Waals surface area contributed by atoms with Crippen molar-refractivity contribution in [3.8, 4) is 11.9 Å². The van der Waals surface area contributed by atoms with E-state index in [1.807, 2.05) is 6.07 Å². The van der Waals surface area contributed by atoms with Gasteiger partial charge < -0.3 is 10.5 Å². The van der Waals surface area contributed by atoms with Crippen molar-refractivity contribution in [2.75, 3.05) is 13.2 Å². The molecule has 0 aliphatic rings. The Morgan fingerprint density at radius 2 is 2.43 bits per heavy atom. The van der Waals surface area contributed by atoms with Gasteiger partial charge in [0, 0.05) is 18.8 Å². The zero-order valence-electron chi connectivity index (χ0n) is 7.68. The molecule has 0 aliphatic heterocycles. The van der Waals surface area contributed by atoms with Crippen LogP contribution in [-0.2, 0) is 0 Å². The minimum atomic E-state index is 0.416. The van der Waals surface area contributed by atoms with Gasteiger partial charge in [0.1, 0.15) is 6.61 Å². The van der Waals surface area contributed by atoms with E-state index in [1.54, 1.807) is 30.5 Å². The Bertz CT molecular complexity index is 355. The quantitative estimate of drug-likeness (QED) is 0.712. The molecule has 0 bridgehead atoms. The summed E-state index contributed by atoms with van der Waals surface area (Å²) in [6.45, 7) is 0.911. The number of nitrogens with zero attached hydrogens (tertiary/aromatic N) is 2. The summed E-state index contributed by atoms with van der Waals surface area (Å²) in [6.07, 6.45) is 5.15. The van der Waals surface area contributed by atoms with E-state index in [1.165, 1.54) is 0 Å². The molecule has 4 heteroatoms. The SMILES string of the molecule is N#Cc1ccnc(OC/C=C\CN)c1. The van der Waals surface area contributed by atoms with Crippen molar-refractivity contribution in [2.24, 2.45) is 5.73 Å². The molecule has 0 aromatic carbocycles. The number of ether oxygens (including phenoxy) is 1. The molecule has 0 spiro atoms. The predicted octanol–water partition coefficient (Wildman–Crippen LogP) is 0.847. The molecule has 2 N–H and O–H groups in total. The van der Waals surface area contributed by atoms with E-state index in [0.717, 1.165) is 0 Å². The van der Waals surface area contributed by atoms with Gasteiger partial charge in [-0.15, -0.1) is 0 Å². The van der Waals surface area contributed by atoms with Gasteiger partial charge in [0.2, 0.25) is 5.88 Å². The van der Waals surface area contributed by atoms with E-state index in [2.05, 4.69) is 4.98 Å². The zero-order chi connectivity index (χ0) is 10.2. The van der Waals surface area contributed by atoms with Crippen molar-refractivity contribution >= 4 is 0 Å². The average molecular weight is 189 g/mol. The Balaban J connectivity index is 2.51. The highest BCUT2D eigenvalue weighted by Gasteiger charge is 1.95. The maximum absolute atomic E-state index is 8.61. The maximum atomic E-state index is 8.61. The van der Waals surface area contributed by atoms with E-state index >= 15 is 0 Å². The van der Waals surface area contributed by atoms with Gasteiger partial charge in [-0.05, 0) is 6.07 Å². The van der Waals surface area contributed by atoms with Gasteiger partial charge in [-0.2, -0.15) is 5.26 Å². The lowest BCUT2D eigenvalue weighted by molar-refractivity contribution is 0.348. The van der Waals surface area contributed by atoms with Crippen molar-refractivity contribution in [2.45, 2.75) is 0 Å². The van der Waals surface area contributed by atoms with Crippen molar-refractivity contribution in [1.29, 1.82) is 5.26 Å². The first-order valence-electron chi connectivity index (χ1n) is 4.21. The molecular formula is C10H11N3O. The number of rotatable bonds is 4. The monoisotopic (exact) mass is 189 g/mol. The van der Waals surface area contributed by atoms with E-state index in [-0.39, 0.29) is 0 Å². The Morgan fingerprint density at radius 3 is 3.14 bits per heavy atom. The van der Waals surface area contributed by atoms with Gasteiger partial charge in [-0.3, -0.25) is 0 Å². The lowest BCUT2D eigenvalue weighted by Crippen LogP contribution is -1.98. The van der Waals surface area contributed by atoms with Crippen molar-refractivity contribution in [1.82, 2.24) is 4.98 Å². The smallest absolute Gasteiger partial charge is 0.214 e. The predicted molar refractivity (Wildman–Crippen MR) is 52.6 cm³/mol. The topological polar surface area (TPSA) is 71.9 Å². The normalized spacial score (nSPS) is 10.0. The summed E-state index contributed by atoms with van der Waals surface area (Å²) < 4.78 is 5.25. The number of hydrogen-bond donors (Lipinski definition) is 1. The van der Waals surface area contributed by atoms with Gasteiger partial charge in [0.15, 0.2) is 0 Å². The zero-order valence-corrected chi connectivity index (χ0v) is 7.68. The maximum Gasteiger partial charge on any atom is 0.214 e. The fraction of sp³-hybridized carbons (Fsp3) is 0.200. The second kappa shape index (κ2) is 5.73. The molecule has 4 nitrogen and oxygen atoms in total. The van der Waals surface area contributed by atoms with Gasteiger partial charge in [-0.1, -0.05) is 12.2 Å². The Morgan fingerprint density at radius 1 is 1.57 bits per heavy atom. The number of aromatic nitrogens is 1. The molecule has 1 aromatic heterocycles. The number of nitriles is 1. The Hall–Kier alpha value is -1.86. The third kappa shape index (κ3) is 3.25. The fourth-order valence-electron chi connectivity index (χ4n) is 0.856. The van der Waals surface area contributed by atoms with Gasteiger partial charge in [0.05, 0.1) is 11.6 Å².